The van der Waals surface area contributed by atoms with Crippen molar-refractivity contribution >= 4 is 6.04 Å². The molecule has 0 spiro atoms. The van der Waals surface area contributed by atoms with E-state index in [1.54, 1.807) is 9.88 Å². The molecule has 0 aliphatic heterocycles. The number of aliphatic hydroxyl groups is 1. The van der Waals surface area contributed by atoms with Crippen molar-refractivity contribution in [2.24, 2.45) is 0 Å². The molecule has 5 nitrogen and oxygen atoms in total. The first-order chi connectivity index (χ1) is 8.94. The first kappa shape index (κ1) is 18.9. The Bertz CT molecular complexity index is 363. The van der Waals surface area contributed by atoms with Crippen LogP contribution in [0.1, 0.15) is 0 Å². The van der Waals surface area contributed by atoms with Gasteiger partial charge in [0.1, 0.15) is 6.61 Å². The summed E-state index contributed by atoms with van der Waals surface area (Å²) in [7, 11) is 0. The highest BCUT2D eigenvalue weighted by molar-refractivity contribution is 5.78. The second-order valence-corrected chi connectivity index (χ2v) is 3.16. The highest BCUT2D eigenvalue weighted by Gasteiger charge is 2.85. The lowest BCUT2D eigenvalue weighted by molar-refractivity contribution is -0.536. The van der Waals surface area contributed by atoms with Crippen LogP contribution in [0.15, 0.2) is 0 Å². The Hall–Kier alpha value is -1.12. The summed E-state index contributed by atoms with van der Waals surface area (Å²) in [6.45, 7) is -2.78. The minimum absolute atomic E-state index is 1.55. The number of hydrogen-bond donors (Lipinski definition) is 1. The Balaban J connectivity index is 6.23. The third kappa shape index (κ3) is 2.21. The van der Waals surface area contributed by atoms with Crippen LogP contribution >= 0.6 is 0 Å². The molecule has 120 valence electrons. The minimum Gasteiger partial charge on any atom is -0.390 e. The van der Waals surface area contributed by atoms with Crippen molar-refractivity contribution in [2.45, 2.75) is 23.5 Å². The van der Waals surface area contributed by atoms with Crippen LogP contribution in [0.25, 0.3) is 0 Å². The number of hydrogen-bond acceptors (Lipinski definition) is 5. The summed E-state index contributed by atoms with van der Waals surface area (Å²) in [4.78, 5) is 14.9. The molecule has 0 saturated carbocycles. The summed E-state index contributed by atoms with van der Waals surface area (Å²) < 4.78 is 113. The monoisotopic (exact) mass is 326 g/mol. The van der Waals surface area contributed by atoms with Crippen LogP contribution < -0.4 is 0 Å². The van der Waals surface area contributed by atoms with E-state index in [1.807, 2.05) is 4.94 Å². The smallest absolute Gasteiger partial charge is 0.390 e. The molecule has 14 heteroatoms. The Morgan fingerprint density at radius 2 is 1.30 bits per heavy atom. The van der Waals surface area contributed by atoms with Gasteiger partial charge in [-0.2, -0.15) is 26.3 Å². The third-order valence-electron chi connectivity index (χ3n) is 2.08. The van der Waals surface area contributed by atoms with Crippen molar-refractivity contribution in [1.29, 1.82) is 0 Å². The molecular weight excluding hydrogens is 323 g/mol. The molecule has 0 aromatic carbocycles. The van der Waals surface area contributed by atoms with Gasteiger partial charge in [0.25, 0.3) is 0 Å². The number of halogens is 9. The van der Waals surface area contributed by atoms with E-state index in [0.29, 0.717) is 0 Å². The molecule has 0 fully saturated rings. The summed E-state index contributed by atoms with van der Waals surface area (Å²) in [5.41, 5.74) is 0. The molecule has 3 atom stereocenters. The minimum atomic E-state index is -6.56. The molecule has 0 saturated heterocycles. The number of aliphatic hydroxyl groups excluding tert-OH is 1. The summed E-state index contributed by atoms with van der Waals surface area (Å²) in [6, 6.07) is -4.17. The van der Waals surface area contributed by atoms with Crippen LogP contribution in [0.2, 0.25) is 0 Å². The summed E-state index contributed by atoms with van der Waals surface area (Å²) in [5, 5.41) is 8.12. The van der Waals surface area contributed by atoms with E-state index in [2.05, 4.69) is 0 Å². The second-order valence-electron chi connectivity index (χ2n) is 3.16. The van der Waals surface area contributed by atoms with E-state index >= 15 is 0 Å². The first-order valence-electron chi connectivity index (χ1n) is 4.08. The van der Waals surface area contributed by atoms with Gasteiger partial charge in [-0.3, -0.25) is 4.79 Å². The molecular formula is C6H3F9O5. The molecule has 0 aromatic rings. The van der Waals surface area contributed by atoms with Gasteiger partial charge in [-0.05, 0) is 13.6 Å². The Morgan fingerprint density at radius 3 is 1.50 bits per heavy atom. The molecule has 0 rings (SSSR count). The van der Waals surface area contributed by atoms with E-state index in [0.717, 1.165) is 0 Å². The predicted molar refractivity (Wildman–Crippen MR) is 36.2 cm³/mol. The second kappa shape index (κ2) is 5.71. The molecule has 0 radical (unpaired) electrons. The molecule has 20 heavy (non-hydrogen) atoms. The van der Waals surface area contributed by atoms with Gasteiger partial charge in [0, 0.05) is 0 Å². The quantitative estimate of drug-likeness (QED) is 0.544. The van der Waals surface area contributed by atoms with E-state index < -0.39 is 36.1 Å². The maximum atomic E-state index is 13.4. The molecule has 0 aromatic heterocycles. The van der Waals surface area contributed by atoms with Crippen molar-refractivity contribution in [1.82, 2.24) is 0 Å². The maximum absolute atomic E-state index is 13.4. The Labute approximate surface area is 102 Å². The Kier molecular flexibility index (Phi) is 5.39. The lowest BCUT2D eigenvalue weighted by Gasteiger charge is -2.39. The van der Waals surface area contributed by atoms with Crippen LogP contribution in [0.5, 0.6) is 0 Å². The molecule has 1 N–H and O–H groups in total. The largest absolute Gasteiger partial charge is 0.402 e. The standard InChI is InChI=1S/C6H3F9O5/c7-2(17)4(9,10)6(12,20-15)5(11,19-14)3(8,1-16)18-13/h16H,1H2/t3-,5-,6-/m1/s1. The lowest BCUT2D eigenvalue weighted by Crippen LogP contribution is -2.71. The van der Waals surface area contributed by atoms with Crippen LogP contribution in [0.3, 0.4) is 0 Å². The average Bonchev–Trinajstić information content (AvgIpc) is 2.43. The lowest BCUT2D eigenvalue weighted by atomic mass is 9.95. The average molecular weight is 326 g/mol. The zero-order valence-electron chi connectivity index (χ0n) is 8.69. The van der Waals surface area contributed by atoms with Gasteiger partial charge in [0.05, 0.1) is 0 Å². The third-order valence-corrected chi connectivity index (χ3v) is 2.08. The number of rotatable bonds is 8. The number of carbonyl (C=O) groups is 1. The van der Waals surface area contributed by atoms with Crippen LogP contribution in [-0.2, 0) is 19.6 Å². The van der Waals surface area contributed by atoms with E-state index in [1.165, 1.54) is 0 Å². The van der Waals surface area contributed by atoms with Crippen LogP contribution in [-0.4, -0.2) is 41.2 Å². The van der Waals surface area contributed by atoms with Gasteiger partial charge in [-0.15, -0.1) is 14.8 Å². The van der Waals surface area contributed by atoms with Gasteiger partial charge < -0.3 is 5.11 Å². The summed E-state index contributed by atoms with van der Waals surface area (Å²) in [5.74, 6) is -24.9. The van der Waals surface area contributed by atoms with E-state index in [9.17, 15) is 44.7 Å². The molecule has 0 bridgehead atoms. The van der Waals surface area contributed by atoms with Gasteiger partial charge in [-0.1, -0.05) is 0 Å². The first-order valence-corrected chi connectivity index (χ1v) is 4.08. The molecule has 0 heterocycles. The van der Waals surface area contributed by atoms with Crippen molar-refractivity contribution in [3.05, 3.63) is 0 Å². The molecule has 0 unspecified atom stereocenters. The summed E-state index contributed by atoms with van der Waals surface area (Å²) >= 11 is 0. The zero-order valence-corrected chi connectivity index (χ0v) is 8.69. The number of carbonyl (C=O) groups excluding carboxylic acids is 1. The number of alkyl halides is 5. The fraction of sp³-hybridized carbons (Fsp3) is 0.833. The van der Waals surface area contributed by atoms with Gasteiger partial charge in [0.15, 0.2) is 0 Å². The van der Waals surface area contributed by atoms with Crippen molar-refractivity contribution in [2.75, 3.05) is 6.61 Å². The fourth-order valence-electron chi connectivity index (χ4n) is 0.949. The fourth-order valence-corrected chi connectivity index (χ4v) is 0.949. The normalized spacial score (nSPS) is 21.7. The summed E-state index contributed by atoms with van der Waals surface area (Å²) in [6.07, 6.45) is 0. The van der Waals surface area contributed by atoms with Crippen LogP contribution in [0, 0.1) is 0 Å². The van der Waals surface area contributed by atoms with Gasteiger partial charge in [-0.25, -0.2) is 0 Å². The van der Waals surface area contributed by atoms with Crippen molar-refractivity contribution in [3.8, 4) is 0 Å². The van der Waals surface area contributed by atoms with Crippen LogP contribution in [0.4, 0.5) is 39.9 Å². The molecule has 0 aliphatic carbocycles. The Morgan fingerprint density at radius 1 is 0.900 bits per heavy atom. The maximum Gasteiger partial charge on any atom is 0.402 e. The van der Waals surface area contributed by atoms with Gasteiger partial charge in [0.2, 0.25) is 0 Å². The van der Waals surface area contributed by atoms with Crippen molar-refractivity contribution in [3.63, 3.8) is 0 Å². The predicted octanol–water partition coefficient (Wildman–Crippen LogP) is 1.81. The zero-order chi connectivity index (χ0) is 16.4. The highest BCUT2D eigenvalue weighted by Crippen LogP contribution is 2.52. The molecule has 0 amide bonds. The van der Waals surface area contributed by atoms with E-state index in [-0.39, 0.29) is 0 Å². The highest BCUT2D eigenvalue weighted by atomic mass is 19.3. The molecule has 0 aliphatic rings. The SMILES string of the molecule is O=C(F)C(F)(F)[C@@](F)(OF)[C@](F)(OF)[C@@](F)(CO)OF. The van der Waals surface area contributed by atoms with Gasteiger partial charge >= 0.3 is 29.5 Å². The topological polar surface area (TPSA) is 65.0 Å². The van der Waals surface area contributed by atoms with E-state index in [4.69, 9.17) is 5.11 Å². The van der Waals surface area contributed by atoms with Crippen molar-refractivity contribution < 1.29 is 64.6 Å².